The molecule has 20 heavy (non-hydrogen) atoms. The molecule has 0 bridgehead atoms. The Morgan fingerprint density at radius 1 is 0.900 bits per heavy atom. The Labute approximate surface area is 123 Å². The average molecular weight is 273 g/mol. The molecule has 0 amide bonds. The van der Waals surface area contributed by atoms with Crippen LogP contribution in [0, 0.1) is 5.92 Å². The van der Waals surface area contributed by atoms with Crippen molar-refractivity contribution in [2.45, 2.75) is 12.8 Å². The molecule has 3 heteroatoms. The Bertz CT molecular complexity index is 390. The molecule has 0 atom stereocenters. The van der Waals surface area contributed by atoms with Crippen molar-refractivity contribution >= 4 is 5.69 Å². The van der Waals surface area contributed by atoms with Gasteiger partial charge in [-0.15, -0.1) is 0 Å². The fraction of sp³-hybridized carbons (Fsp3) is 0.647. The van der Waals surface area contributed by atoms with Gasteiger partial charge in [-0.1, -0.05) is 18.2 Å². The van der Waals surface area contributed by atoms with Crippen LogP contribution in [0.4, 0.5) is 5.69 Å². The molecule has 0 unspecified atom stereocenters. The zero-order chi connectivity index (χ0) is 13.8. The SMILES string of the molecule is CN1CCC(CN2CCN(c3ccccc3)CC2)CC1. The van der Waals surface area contributed by atoms with Crippen LogP contribution in [-0.2, 0) is 0 Å². The Balaban J connectivity index is 1.44. The molecule has 2 aliphatic heterocycles. The summed E-state index contributed by atoms with van der Waals surface area (Å²) < 4.78 is 0. The maximum atomic E-state index is 2.68. The highest BCUT2D eigenvalue weighted by molar-refractivity contribution is 5.46. The number of hydrogen-bond acceptors (Lipinski definition) is 3. The number of piperidine rings is 1. The van der Waals surface area contributed by atoms with Gasteiger partial charge in [-0.2, -0.15) is 0 Å². The van der Waals surface area contributed by atoms with Crippen molar-refractivity contribution in [3.05, 3.63) is 30.3 Å². The lowest BCUT2D eigenvalue weighted by atomic mass is 9.96. The number of para-hydroxylation sites is 1. The van der Waals surface area contributed by atoms with Crippen LogP contribution in [0.25, 0.3) is 0 Å². The number of nitrogens with zero attached hydrogens (tertiary/aromatic N) is 3. The minimum Gasteiger partial charge on any atom is -0.369 e. The molecule has 2 fully saturated rings. The fourth-order valence-corrected chi connectivity index (χ4v) is 3.44. The highest BCUT2D eigenvalue weighted by Crippen LogP contribution is 2.20. The highest BCUT2D eigenvalue weighted by Gasteiger charge is 2.22. The minimum absolute atomic E-state index is 0.925. The molecule has 3 nitrogen and oxygen atoms in total. The second kappa shape index (κ2) is 6.59. The normalized spacial score (nSPS) is 23.1. The lowest BCUT2D eigenvalue weighted by Crippen LogP contribution is -2.48. The maximum Gasteiger partial charge on any atom is 0.0367 e. The monoisotopic (exact) mass is 273 g/mol. The third-order valence-electron chi connectivity index (χ3n) is 4.85. The number of piperazine rings is 1. The average Bonchev–Trinajstić information content (AvgIpc) is 2.51. The summed E-state index contributed by atoms with van der Waals surface area (Å²) in [5.41, 5.74) is 1.38. The van der Waals surface area contributed by atoms with Gasteiger partial charge in [0.15, 0.2) is 0 Å². The van der Waals surface area contributed by atoms with Gasteiger partial charge in [0.1, 0.15) is 0 Å². The van der Waals surface area contributed by atoms with E-state index in [2.05, 4.69) is 52.1 Å². The van der Waals surface area contributed by atoms with Crippen molar-refractivity contribution < 1.29 is 0 Å². The summed E-state index contributed by atoms with van der Waals surface area (Å²) >= 11 is 0. The molecule has 0 spiro atoms. The quantitative estimate of drug-likeness (QED) is 0.835. The number of likely N-dealkylation sites (tertiary alicyclic amines) is 1. The largest absolute Gasteiger partial charge is 0.369 e. The summed E-state index contributed by atoms with van der Waals surface area (Å²) in [6, 6.07) is 10.8. The number of anilines is 1. The summed E-state index contributed by atoms with van der Waals surface area (Å²) in [5, 5.41) is 0. The molecule has 3 rings (SSSR count). The van der Waals surface area contributed by atoms with Gasteiger partial charge >= 0.3 is 0 Å². The van der Waals surface area contributed by atoms with Crippen molar-refractivity contribution in [2.24, 2.45) is 5.92 Å². The lowest BCUT2D eigenvalue weighted by Gasteiger charge is -2.39. The first-order chi connectivity index (χ1) is 9.81. The van der Waals surface area contributed by atoms with Crippen LogP contribution in [0.2, 0.25) is 0 Å². The van der Waals surface area contributed by atoms with E-state index in [0.717, 1.165) is 5.92 Å². The van der Waals surface area contributed by atoms with Crippen LogP contribution in [-0.4, -0.2) is 62.7 Å². The molecular formula is C17H27N3. The molecular weight excluding hydrogens is 246 g/mol. The van der Waals surface area contributed by atoms with Gasteiger partial charge in [0.2, 0.25) is 0 Å². The summed E-state index contributed by atoms with van der Waals surface area (Å²) in [6.07, 6.45) is 2.77. The summed E-state index contributed by atoms with van der Waals surface area (Å²) in [5.74, 6) is 0.925. The number of rotatable bonds is 3. The van der Waals surface area contributed by atoms with Gasteiger partial charge in [-0.05, 0) is 51.0 Å². The van der Waals surface area contributed by atoms with E-state index in [1.165, 1.54) is 64.3 Å². The van der Waals surface area contributed by atoms with Crippen LogP contribution < -0.4 is 4.90 Å². The molecule has 1 aromatic rings. The number of benzene rings is 1. The van der Waals surface area contributed by atoms with E-state index in [9.17, 15) is 0 Å². The molecule has 2 aliphatic rings. The molecule has 0 N–H and O–H groups in total. The molecule has 0 saturated carbocycles. The van der Waals surface area contributed by atoms with Gasteiger partial charge in [-0.3, -0.25) is 4.90 Å². The van der Waals surface area contributed by atoms with Crippen LogP contribution in [0.1, 0.15) is 12.8 Å². The van der Waals surface area contributed by atoms with E-state index < -0.39 is 0 Å². The molecule has 2 saturated heterocycles. The molecule has 0 aromatic heterocycles. The topological polar surface area (TPSA) is 9.72 Å². The predicted octanol–water partition coefficient (Wildman–Crippen LogP) is 2.15. The Hall–Kier alpha value is -1.06. The van der Waals surface area contributed by atoms with Gasteiger partial charge in [0, 0.05) is 38.4 Å². The minimum atomic E-state index is 0.925. The van der Waals surface area contributed by atoms with E-state index >= 15 is 0 Å². The zero-order valence-corrected chi connectivity index (χ0v) is 12.7. The zero-order valence-electron chi connectivity index (χ0n) is 12.7. The fourth-order valence-electron chi connectivity index (χ4n) is 3.44. The molecule has 0 radical (unpaired) electrons. The van der Waals surface area contributed by atoms with E-state index in [4.69, 9.17) is 0 Å². The van der Waals surface area contributed by atoms with Gasteiger partial charge in [0.25, 0.3) is 0 Å². The Morgan fingerprint density at radius 3 is 2.20 bits per heavy atom. The van der Waals surface area contributed by atoms with Gasteiger partial charge < -0.3 is 9.80 Å². The molecule has 0 aliphatic carbocycles. The van der Waals surface area contributed by atoms with Crippen LogP contribution >= 0.6 is 0 Å². The Morgan fingerprint density at radius 2 is 1.55 bits per heavy atom. The third-order valence-corrected chi connectivity index (χ3v) is 4.85. The van der Waals surface area contributed by atoms with E-state index in [0.29, 0.717) is 0 Å². The highest BCUT2D eigenvalue weighted by atomic mass is 15.3. The van der Waals surface area contributed by atoms with Crippen molar-refractivity contribution in [1.82, 2.24) is 9.80 Å². The van der Waals surface area contributed by atoms with E-state index in [1.807, 2.05) is 0 Å². The van der Waals surface area contributed by atoms with Crippen LogP contribution in [0.15, 0.2) is 30.3 Å². The first kappa shape index (κ1) is 13.9. The predicted molar refractivity (Wildman–Crippen MR) is 85.3 cm³/mol. The van der Waals surface area contributed by atoms with Crippen molar-refractivity contribution in [1.29, 1.82) is 0 Å². The summed E-state index contributed by atoms with van der Waals surface area (Å²) in [6.45, 7) is 8.69. The summed E-state index contributed by atoms with van der Waals surface area (Å²) in [7, 11) is 2.24. The van der Waals surface area contributed by atoms with E-state index in [-0.39, 0.29) is 0 Å². The van der Waals surface area contributed by atoms with Gasteiger partial charge in [-0.25, -0.2) is 0 Å². The second-order valence-electron chi connectivity index (χ2n) is 6.37. The first-order valence-electron chi connectivity index (χ1n) is 8.02. The van der Waals surface area contributed by atoms with Crippen molar-refractivity contribution in [3.8, 4) is 0 Å². The van der Waals surface area contributed by atoms with Crippen molar-refractivity contribution in [2.75, 3.05) is 57.8 Å². The third kappa shape index (κ3) is 3.53. The number of hydrogen-bond donors (Lipinski definition) is 0. The lowest BCUT2D eigenvalue weighted by molar-refractivity contribution is 0.155. The second-order valence-corrected chi connectivity index (χ2v) is 6.37. The molecule has 2 heterocycles. The summed E-state index contributed by atoms with van der Waals surface area (Å²) in [4.78, 5) is 7.66. The standard InChI is InChI=1S/C17H27N3/c1-18-9-7-16(8-10-18)15-19-11-13-20(14-12-19)17-5-3-2-4-6-17/h2-6,16H,7-15H2,1H3. The first-order valence-corrected chi connectivity index (χ1v) is 8.02. The van der Waals surface area contributed by atoms with Crippen molar-refractivity contribution in [3.63, 3.8) is 0 Å². The molecule has 1 aromatic carbocycles. The smallest absolute Gasteiger partial charge is 0.0367 e. The maximum absolute atomic E-state index is 2.68. The van der Waals surface area contributed by atoms with Gasteiger partial charge in [0.05, 0.1) is 0 Å². The van der Waals surface area contributed by atoms with Crippen LogP contribution in [0.5, 0.6) is 0 Å². The Kier molecular flexibility index (Phi) is 4.58. The van der Waals surface area contributed by atoms with Crippen LogP contribution in [0.3, 0.4) is 0 Å². The molecule has 110 valence electrons. The van der Waals surface area contributed by atoms with E-state index in [1.54, 1.807) is 0 Å².